The number of ether oxygens (including phenoxy) is 4. The molecule has 1 fully saturated rings. The fourth-order valence-electron chi connectivity index (χ4n) is 12.5. The molecule has 0 spiro atoms. The molecule has 12 rings (SSSR count). The maximum absolute atomic E-state index is 14.4. The number of thiophene rings is 1. The first-order valence-corrected chi connectivity index (χ1v) is 32.8. The second-order valence-electron chi connectivity index (χ2n) is 24.2. The van der Waals surface area contributed by atoms with Crippen LogP contribution < -0.4 is 46.7 Å². The summed E-state index contributed by atoms with van der Waals surface area (Å²) in [6.07, 6.45) is 1.32. The minimum atomic E-state index is -1.07. The Labute approximate surface area is 556 Å². The molecule has 5 heterocycles. The Balaban J connectivity index is 0.599. The van der Waals surface area contributed by atoms with Gasteiger partial charge in [-0.1, -0.05) is 60.7 Å². The molecule has 9 amide bonds. The van der Waals surface area contributed by atoms with Crippen molar-refractivity contribution in [3.8, 4) is 22.6 Å². The van der Waals surface area contributed by atoms with Crippen LogP contribution in [0.3, 0.4) is 0 Å². The number of anilines is 3. The molecule has 2 aliphatic heterocycles. The Kier molecular flexibility index (Phi) is 19.8. The van der Waals surface area contributed by atoms with Gasteiger partial charge in [-0.25, -0.2) is 19.2 Å². The van der Waals surface area contributed by atoms with E-state index in [1.54, 1.807) is 67.5 Å². The summed E-state index contributed by atoms with van der Waals surface area (Å²) in [5.41, 5.74) is 15.9. The number of aryl methyl sites for hydroxylation is 1. The highest BCUT2D eigenvalue weighted by Gasteiger charge is 2.33. The molecule has 0 bridgehead atoms. The summed E-state index contributed by atoms with van der Waals surface area (Å²) in [6.45, 7) is 5.88. The maximum Gasteiger partial charge on any atom is 0.415 e. The van der Waals surface area contributed by atoms with Crippen LogP contribution in [0.25, 0.3) is 43.0 Å². The van der Waals surface area contributed by atoms with Gasteiger partial charge in [-0.2, -0.15) is 0 Å². The van der Waals surface area contributed by atoms with Gasteiger partial charge in [0.05, 0.1) is 10.4 Å². The van der Waals surface area contributed by atoms with Crippen LogP contribution in [0.1, 0.15) is 80.4 Å². The lowest BCUT2D eigenvalue weighted by Crippen LogP contribution is -2.47. The van der Waals surface area contributed by atoms with Crippen molar-refractivity contribution in [1.29, 1.82) is 0 Å². The van der Waals surface area contributed by atoms with Crippen LogP contribution in [-0.4, -0.2) is 158 Å². The molecule has 3 aliphatic rings. The number of likely N-dealkylation sites (tertiary alicyclic amines) is 1. The molecule has 496 valence electrons. The van der Waals surface area contributed by atoms with Gasteiger partial charge in [-0.05, 0) is 157 Å². The molecule has 0 saturated carbocycles. The van der Waals surface area contributed by atoms with Crippen molar-refractivity contribution in [2.24, 2.45) is 5.73 Å². The van der Waals surface area contributed by atoms with Gasteiger partial charge in [0.15, 0.2) is 5.75 Å². The minimum absolute atomic E-state index is 0.0536. The number of likely N-dealkylation sites (N-methyl/N-ethyl adjacent to an activating group) is 2. The smallest absolute Gasteiger partial charge is 0.415 e. The van der Waals surface area contributed by atoms with E-state index in [1.807, 2.05) is 91.2 Å². The van der Waals surface area contributed by atoms with E-state index in [0.29, 0.717) is 64.9 Å². The molecule has 96 heavy (non-hydrogen) atoms. The lowest BCUT2D eigenvalue weighted by atomic mass is 9.98. The quantitative estimate of drug-likeness (QED) is 0.0261. The van der Waals surface area contributed by atoms with Crippen LogP contribution in [0.15, 0.2) is 133 Å². The van der Waals surface area contributed by atoms with Crippen molar-refractivity contribution in [2.75, 3.05) is 95.2 Å². The predicted molar refractivity (Wildman–Crippen MR) is 366 cm³/mol. The molecule has 1 atom stereocenters. The van der Waals surface area contributed by atoms with Gasteiger partial charge in [0.1, 0.15) is 49.5 Å². The number of hydrogen-bond donors (Lipinski definition) is 8. The molecule has 1 aliphatic carbocycles. The molecular formula is C71H74N12O12S. The summed E-state index contributed by atoms with van der Waals surface area (Å²) < 4.78 is 24.0. The number of primary amides is 1. The van der Waals surface area contributed by atoms with Gasteiger partial charge >= 0.3 is 24.3 Å². The van der Waals surface area contributed by atoms with E-state index < -0.39 is 48.7 Å². The van der Waals surface area contributed by atoms with Crippen molar-refractivity contribution in [3.05, 3.63) is 172 Å². The van der Waals surface area contributed by atoms with Gasteiger partial charge < -0.3 is 75.9 Å². The SMILES string of the molecule is Cc1csc2c(OC(=O)N(C)CCN(C)C(=O)OCc3ccc(NC(=O)[C@H](CCCNC(N)=O)NC(=O)CNC(=O)OCC4c5ccccc5-c5ccccc54)cc3)cc3c(c12)CCN3C(=O)c1cc2cc(NC(=O)c3cc4cc(OCCN5CCCC5)ccc4[nH]3)ccc2[nH]1. The number of hydrogen-bond acceptors (Lipinski definition) is 14. The van der Waals surface area contributed by atoms with Crippen LogP contribution in [-0.2, 0) is 32.1 Å². The van der Waals surface area contributed by atoms with E-state index in [0.717, 1.165) is 85.1 Å². The first kappa shape index (κ1) is 65.2. The zero-order valence-corrected chi connectivity index (χ0v) is 54.2. The number of fused-ring (bicyclic) bond motifs is 8. The Hall–Kier alpha value is -10.9. The van der Waals surface area contributed by atoms with Gasteiger partial charge in [-0.15, -0.1) is 11.3 Å². The summed E-state index contributed by atoms with van der Waals surface area (Å²) in [6, 6.07) is 37.0. The molecule has 0 radical (unpaired) electrons. The molecule has 9 aromatic rings. The summed E-state index contributed by atoms with van der Waals surface area (Å²) >= 11 is 1.45. The lowest BCUT2D eigenvalue weighted by molar-refractivity contribution is -0.126. The summed E-state index contributed by atoms with van der Waals surface area (Å²) in [7, 11) is 3.10. The number of benzene rings is 6. The average molecular weight is 1320 g/mol. The largest absolute Gasteiger partial charge is 0.492 e. The van der Waals surface area contributed by atoms with Gasteiger partial charge in [0.2, 0.25) is 11.8 Å². The minimum Gasteiger partial charge on any atom is -0.492 e. The zero-order valence-electron chi connectivity index (χ0n) is 53.3. The average Bonchev–Trinajstić information content (AvgIpc) is 1.60. The molecule has 9 N–H and O–H groups in total. The van der Waals surface area contributed by atoms with Crippen molar-refractivity contribution in [1.82, 2.24) is 40.6 Å². The lowest BCUT2D eigenvalue weighted by Gasteiger charge is -2.22. The highest BCUT2D eigenvalue weighted by atomic mass is 32.1. The van der Waals surface area contributed by atoms with Gasteiger partial charge in [-0.3, -0.25) is 24.1 Å². The third kappa shape index (κ3) is 15.0. The Morgan fingerprint density at radius 1 is 0.729 bits per heavy atom. The first-order valence-electron chi connectivity index (χ1n) is 31.9. The van der Waals surface area contributed by atoms with E-state index >= 15 is 0 Å². The van der Waals surface area contributed by atoms with Crippen LogP contribution in [0, 0.1) is 6.92 Å². The van der Waals surface area contributed by atoms with Crippen LogP contribution >= 0.6 is 11.3 Å². The number of nitrogens with two attached hydrogens (primary N) is 1. The standard InChI is InChI=1S/C71H74N12O12S/c1-42-41-96-64-61(37-60-53(63(42)64)24-28-83(60)67(87)59-36-44-33-47(20-22-55(44)78-59)76-66(86)58-35-45-34-48(21-23-56(45)77-58)92-32-31-82-26-8-9-27-82)95-71(91)81(3)30-29-80(2)70(90)94-39-43-16-18-46(19-17-43)75-65(85)57(15-10-25-73-68(72)88)79-62(84)38-74-69(89)93-40-54-51-13-6-4-11-49(51)50-12-5-7-14-52(50)54/h4-7,11-14,16-23,33-37,41,54,57,77-78H,8-10,15,24-32,38-40H2,1-3H3,(H,74,89)(H,75,85)(H,76,86)(H,79,84)(H3,72,73,88)/t57-/m0/s1. The molecule has 24 nitrogen and oxygen atoms in total. The topological polar surface area (TPSA) is 304 Å². The van der Waals surface area contributed by atoms with Gasteiger partial charge in [0.25, 0.3) is 11.8 Å². The van der Waals surface area contributed by atoms with Crippen molar-refractivity contribution in [3.63, 3.8) is 0 Å². The van der Waals surface area contributed by atoms with E-state index in [1.165, 1.54) is 34.0 Å². The molecular weight excluding hydrogens is 1240 g/mol. The molecule has 3 aromatic heterocycles. The number of carbonyl (C=O) groups excluding carboxylic acids is 8. The number of amides is 9. The number of carbonyl (C=O) groups is 8. The normalized spacial score (nSPS) is 13.6. The third-order valence-corrected chi connectivity index (χ3v) is 18.7. The Bertz CT molecular complexity index is 4400. The number of urea groups is 1. The molecule has 25 heteroatoms. The van der Waals surface area contributed by atoms with E-state index in [2.05, 4.69) is 41.5 Å². The summed E-state index contributed by atoms with van der Waals surface area (Å²) in [5.74, 6) is -0.925. The summed E-state index contributed by atoms with van der Waals surface area (Å²) in [4.78, 5) is 119. The second kappa shape index (κ2) is 29.2. The van der Waals surface area contributed by atoms with Crippen LogP contribution in [0.4, 0.5) is 36.2 Å². The molecule has 0 unspecified atom stereocenters. The highest BCUT2D eigenvalue weighted by molar-refractivity contribution is 7.17. The van der Waals surface area contributed by atoms with E-state index in [9.17, 15) is 38.4 Å². The number of H-pyrrole nitrogens is 2. The third-order valence-electron chi connectivity index (χ3n) is 17.6. The number of nitrogens with one attached hydrogen (secondary N) is 7. The van der Waals surface area contributed by atoms with E-state index in [-0.39, 0.29) is 63.4 Å². The van der Waals surface area contributed by atoms with Crippen molar-refractivity contribution < 1.29 is 57.3 Å². The fraction of sp³-hybridized carbons (Fsp3) is 0.296. The number of alkyl carbamates (subject to hydrolysis) is 1. The Morgan fingerprint density at radius 2 is 1.41 bits per heavy atom. The first-order chi connectivity index (χ1) is 46.5. The summed E-state index contributed by atoms with van der Waals surface area (Å²) in [5, 5.41) is 17.9. The Morgan fingerprint density at radius 3 is 2.15 bits per heavy atom. The molecule has 6 aromatic carbocycles. The van der Waals surface area contributed by atoms with Gasteiger partial charge in [0, 0.05) is 97.4 Å². The monoisotopic (exact) mass is 1320 g/mol. The maximum atomic E-state index is 14.4. The fourth-order valence-corrected chi connectivity index (χ4v) is 13.5. The number of nitrogens with zero attached hydrogens (tertiary/aromatic N) is 4. The van der Waals surface area contributed by atoms with Crippen LogP contribution in [0.2, 0.25) is 0 Å². The van der Waals surface area contributed by atoms with Crippen molar-refractivity contribution in [2.45, 2.75) is 57.6 Å². The number of aromatic nitrogens is 2. The van der Waals surface area contributed by atoms with Crippen LogP contribution in [0.5, 0.6) is 11.5 Å². The van der Waals surface area contributed by atoms with Crippen molar-refractivity contribution >= 4 is 108 Å². The van der Waals surface area contributed by atoms with E-state index in [4.69, 9.17) is 24.7 Å². The predicted octanol–water partition coefficient (Wildman–Crippen LogP) is 10.2. The second-order valence-corrected chi connectivity index (χ2v) is 25.0. The number of aromatic amines is 2. The number of rotatable bonds is 24. The zero-order chi connectivity index (χ0) is 67.0. The molecule has 1 saturated heterocycles. The highest BCUT2D eigenvalue weighted by Crippen LogP contribution is 2.46.